The molecular formula is C26H35FN4O2. The summed E-state index contributed by atoms with van der Waals surface area (Å²) in [6.45, 7) is 7.88. The molecule has 0 bridgehead atoms. The van der Waals surface area contributed by atoms with Gasteiger partial charge in [0.05, 0.1) is 23.5 Å². The van der Waals surface area contributed by atoms with Gasteiger partial charge in [-0.2, -0.15) is 0 Å². The van der Waals surface area contributed by atoms with Crippen LogP contribution in [0.25, 0.3) is 0 Å². The highest BCUT2D eigenvalue weighted by Gasteiger charge is 2.35. The SMILES string of the molecule is CCC(CC)C(=O)Nc1ccc(N2CCN(C(c3ccccn3)C3CCCO3)CC2)c(F)c1. The maximum Gasteiger partial charge on any atom is 0.227 e. The van der Waals surface area contributed by atoms with Crippen LogP contribution in [-0.2, 0) is 9.53 Å². The molecule has 1 aromatic carbocycles. The van der Waals surface area contributed by atoms with Gasteiger partial charge in [0.1, 0.15) is 5.82 Å². The van der Waals surface area contributed by atoms with Crippen LogP contribution in [0.3, 0.4) is 0 Å². The Kier molecular flexibility index (Phi) is 7.93. The molecule has 0 saturated carbocycles. The predicted molar refractivity (Wildman–Crippen MR) is 129 cm³/mol. The van der Waals surface area contributed by atoms with Gasteiger partial charge in [-0.3, -0.25) is 14.7 Å². The Morgan fingerprint density at radius 3 is 2.58 bits per heavy atom. The quantitative estimate of drug-likeness (QED) is 0.630. The number of nitrogens with zero attached hydrogens (tertiary/aromatic N) is 3. The predicted octanol–water partition coefficient (Wildman–Crippen LogP) is 4.64. The lowest BCUT2D eigenvalue weighted by Crippen LogP contribution is -2.50. The lowest BCUT2D eigenvalue weighted by Gasteiger charge is -2.41. The van der Waals surface area contributed by atoms with E-state index in [4.69, 9.17) is 4.74 Å². The molecule has 2 atom stereocenters. The molecular weight excluding hydrogens is 419 g/mol. The number of hydrogen-bond acceptors (Lipinski definition) is 5. The van der Waals surface area contributed by atoms with Gasteiger partial charge in [-0.25, -0.2) is 4.39 Å². The van der Waals surface area contributed by atoms with E-state index in [1.54, 1.807) is 12.1 Å². The van der Waals surface area contributed by atoms with Crippen molar-refractivity contribution in [3.05, 3.63) is 54.1 Å². The van der Waals surface area contributed by atoms with Crippen LogP contribution in [0, 0.1) is 11.7 Å². The number of carbonyl (C=O) groups is 1. The number of aromatic nitrogens is 1. The summed E-state index contributed by atoms with van der Waals surface area (Å²) in [5.41, 5.74) is 2.14. The number of halogens is 1. The highest BCUT2D eigenvalue weighted by molar-refractivity contribution is 5.92. The monoisotopic (exact) mass is 454 g/mol. The minimum Gasteiger partial charge on any atom is -0.376 e. The van der Waals surface area contributed by atoms with Crippen molar-refractivity contribution in [2.75, 3.05) is 43.0 Å². The van der Waals surface area contributed by atoms with E-state index < -0.39 is 0 Å². The molecule has 33 heavy (non-hydrogen) atoms. The Bertz CT molecular complexity index is 908. The second-order valence-corrected chi connectivity index (χ2v) is 8.94. The van der Waals surface area contributed by atoms with Gasteiger partial charge in [0.15, 0.2) is 0 Å². The first-order chi connectivity index (χ1) is 16.1. The summed E-state index contributed by atoms with van der Waals surface area (Å²) in [7, 11) is 0. The molecule has 1 N–H and O–H groups in total. The van der Waals surface area contributed by atoms with Gasteiger partial charge in [-0.05, 0) is 56.0 Å². The molecule has 0 aliphatic carbocycles. The Morgan fingerprint density at radius 1 is 1.18 bits per heavy atom. The number of hydrogen-bond donors (Lipinski definition) is 1. The van der Waals surface area contributed by atoms with E-state index in [1.807, 2.05) is 32.2 Å². The molecule has 1 amide bonds. The minimum absolute atomic E-state index is 0.0447. The first-order valence-corrected chi connectivity index (χ1v) is 12.2. The number of amides is 1. The van der Waals surface area contributed by atoms with E-state index in [2.05, 4.69) is 26.2 Å². The first-order valence-electron chi connectivity index (χ1n) is 12.2. The number of nitrogens with one attached hydrogen (secondary N) is 1. The Labute approximate surface area is 196 Å². The molecule has 7 heteroatoms. The fourth-order valence-corrected chi connectivity index (χ4v) is 5.00. The van der Waals surface area contributed by atoms with E-state index in [0.29, 0.717) is 11.4 Å². The summed E-state index contributed by atoms with van der Waals surface area (Å²) < 4.78 is 21.0. The fraction of sp³-hybridized carbons (Fsp3) is 0.538. The van der Waals surface area contributed by atoms with Crippen molar-refractivity contribution in [1.29, 1.82) is 0 Å². The van der Waals surface area contributed by atoms with Gasteiger partial charge in [-0.15, -0.1) is 0 Å². The Balaban J connectivity index is 1.41. The molecule has 4 rings (SSSR count). The zero-order valence-electron chi connectivity index (χ0n) is 19.7. The van der Waals surface area contributed by atoms with Crippen LogP contribution < -0.4 is 10.2 Å². The third-order valence-corrected chi connectivity index (χ3v) is 6.93. The second kappa shape index (κ2) is 11.1. The second-order valence-electron chi connectivity index (χ2n) is 8.94. The van der Waals surface area contributed by atoms with Gasteiger partial charge < -0.3 is 15.0 Å². The average molecular weight is 455 g/mol. The van der Waals surface area contributed by atoms with Crippen molar-refractivity contribution in [3.8, 4) is 0 Å². The van der Waals surface area contributed by atoms with Gasteiger partial charge in [0.25, 0.3) is 0 Å². The molecule has 0 spiro atoms. The summed E-state index contributed by atoms with van der Waals surface area (Å²) in [5, 5.41) is 2.86. The highest BCUT2D eigenvalue weighted by Crippen LogP contribution is 2.33. The lowest BCUT2D eigenvalue weighted by molar-refractivity contribution is -0.120. The summed E-state index contributed by atoms with van der Waals surface area (Å²) in [6.07, 6.45) is 5.67. The van der Waals surface area contributed by atoms with Crippen LogP contribution in [-0.4, -0.2) is 54.7 Å². The third kappa shape index (κ3) is 5.53. The third-order valence-electron chi connectivity index (χ3n) is 6.93. The van der Waals surface area contributed by atoms with Crippen molar-refractivity contribution in [2.24, 2.45) is 5.92 Å². The number of rotatable bonds is 8. The standard InChI is InChI=1S/C26H35FN4O2/c1-3-19(4-2)26(32)29-20-10-11-23(21(27)18-20)30-13-15-31(16-14-30)25(24-9-7-17-33-24)22-8-5-6-12-28-22/h5-6,8,10-12,18-19,24-25H,3-4,7,9,13-17H2,1-2H3,(H,29,32). The largest absolute Gasteiger partial charge is 0.376 e. The average Bonchev–Trinajstić information content (AvgIpc) is 3.36. The highest BCUT2D eigenvalue weighted by atomic mass is 19.1. The van der Waals surface area contributed by atoms with Crippen LogP contribution in [0.15, 0.2) is 42.6 Å². The molecule has 2 aliphatic rings. The normalized spacial score (nSPS) is 20.2. The minimum atomic E-state index is -0.300. The molecule has 6 nitrogen and oxygen atoms in total. The maximum atomic E-state index is 15.0. The summed E-state index contributed by atoms with van der Waals surface area (Å²) in [4.78, 5) is 21.5. The molecule has 2 aliphatic heterocycles. The summed E-state index contributed by atoms with van der Waals surface area (Å²) >= 11 is 0. The lowest BCUT2D eigenvalue weighted by atomic mass is 10.0. The molecule has 2 aromatic rings. The maximum absolute atomic E-state index is 15.0. The van der Waals surface area contributed by atoms with Crippen LogP contribution in [0.4, 0.5) is 15.8 Å². The van der Waals surface area contributed by atoms with Crippen molar-refractivity contribution in [2.45, 2.75) is 51.7 Å². The van der Waals surface area contributed by atoms with E-state index >= 15 is 0 Å². The van der Waals surface area contributed by atoms with Gasteiger partial charge in [0, 0.05) is 50.6 Å². The molecule has 0 radical (unpaired) electrons. The number of benzene rings is 1. The van der Waals surface area contributed by atoms with Gasteiger partial charge in [0.2, 0.25) is 5.91 Å². The zero-order valence-corrected chi connectivity index (χ0v) is 19.7. The molecule has 3 heterocycles. The van der Waals surface area contributed by atoms with Crippen molar-refractivity contribution >= 4 is 17.3 Å². The molecule has 2 unspecified atom stereocenters. The summed E-state index contributed by atoms with van der Waals surface area (Å²) in [5.74, 6) is -0.390. The molecule has 178 valence electrons. The number of ether oxygens (including phenoxy) is 1. The Morgan fingerprint density at radius 2 is 1.97 bits per heavy atom. The van der Waals surface area contributed by atoms with Crippen molar-refractivity contribution < 1.29 is 13.9 Å². The first kappa shape index (κ1) is 23.6. The number of pyridine rings is 1. The topological polar surface area (TPSA) is 57.7 Å². The van der Waals surface area contributed by atoms with Crippen LogP contribution in [0.5, 0.6) is 0 Å². The molecule has 1 aromatic heterocycles. The van der Waals surface area contributed by atoms with Crippen molar-refractivity contribution in [3.63, 3.8) is 0 Å². The van der Waals surface area contributed by atoms with Crippen LogP contribution >= 0.6 is 0 Å². The van der Waals surface area contributed by atoms with Gasteiger partial charge in [-0.1, -0.05) is 19.9 Å². The van der Waals surface area contributed by atoms with Crippen LogP contribution in [0.1, 0.15) is 51.3 Å². The van der Waals surface area contributed by atoms with Crippen LogP contribution in [0.2, 0.25) is 0 Å². The summed E-state index contributed by atoms with van der Waals surface area (Å²) in [6, 6.07) is 11.2. The smallest absolute Gasteiger partial charge is 0.227 e. The van der Waals surface area contributed by atoms with Gasteiger partial charge >= 0.3 is 0 Å². The van der Waals surface area contributed by atoms with E-state index in [9.17, 15) is 9.18 Å². The molecule has 2 fully saturated rings. The zero-order chi connectivity index (χ0) is 23.2. The number of carbonyl (C=O) groups excluding carboxylic acids is 1. The number of piperazine rings is 1. The van der Waals surface area contributed by atoms with E-state index in [-0.39, 0.29) is 29.8 Å². The van der Waals surface area contributed by atoms with Crippen molar-refractivity contribution in [1.82, 2.24) is 9.88 Å². The fourth-order valence-electron chi connectivity index (χ4n) is 5.00. The molecule has 2 saturated heterocycles. The van der Waals surface area contributed by atoms with E-state index in [0.717, 1.165) is 64.2 Å². The van der Waals surface area contributed by atoms with E-state index in [1.165, 1.54) is 6.07 Å². The number of anilines is 2. The Hall–Kier alpha value is -2.51.